The third kappa shape index (κ3) is 4.11. The number of carbonyl (C=O) groups excluding carboxylic acids is 1. The summed E-state index contributed by atoms with van der Waals surface area (Å²) in [4.78, 5) is 12.2. The largest absolute Gasteiger partial charge is 0.492 e. The highest BCUT2D eigenvalue weighted by Gasteiger charge is 2.10. The van der Waals surface area contributed by atoms with E-state index in [2.05, 4.69) is 29.7 Å². The summed E-state index contributed by atoms with van der Waals surface area (Å²) in [5.41, 5.74) is 4.36. The molecule has 23 heavy (non-hydrogen) atoms. The van der Waals surface area contributed by atoms with Crippen LogP contribution >= 0.6 is 0 Å². The summed E-state index contributed by atoms with van der Waals surface area (Å²) in [6.45, 7) is 4.36. The summed E-state index contributed by atoms with van der Waals surface area (Å²) in [5, 5.41) is 6.28. The maximum atomic E-state index is 12.2. The fourth-order valence-electron chi connectivity index (χ4n) is 2.75. The molecule has 0 aromatic heterocycles. The lowest BCUT2D eigenvalue weighted by atomic mass is 10.0. The van der Waals surface area contributed by atoms with Crippen LogP contribution in [0, 0.1) is 6.92 Å². The molecule has 1 aliphatic heterocycles. The highest BCUT2D eigenvalue weighted by molar-refractivity contribution is 5.91. The van der Waals surface area contributed by atoms with Gasteiger partial charge < -0.3 is 15.4 Å². The van der Waals surface area contributed by atoms with Crippen LogP contribution in [0.2, 0.25) is 0 Å². The Morgan fingerprint density at radius 2 is 2.13 bits per heavy atom. The lowest BCUT2D eigenvalue weighted by Crippen LogP contribution is -2.16. The molecule has 4 heteroatoms. The minimum Gasteiger partial charge on any atom is -0.492 e. The zero-order valence-corrected chi connectivity index (χ0v) is 13.4. The van der Waals surface area contributed by atoms with Crippen LogP contribution in [0.3, 0.4) is 0 Å². The summed E-state index contributed by atoms with van der Waals surface area (Å²) in [6, 6.07) is 14.0. The predicted octanol–water partition coefficient (Wildman–Crippen LogP) is 3.05. The summed E-state index contributed by atoms with van der Waals surface area (Å²) >= 11 is 0. The third-order valence-electron chi connectivity index (χ3n) is 4.08. The van der Waals surface area contributed by atoms with E-state index in [1.54, 1.807) is 0 Å². The summed E-state index contributed by atoms with van der Waals surface area (Å²) < 4.78 is 5.65. The number of rotatable bonds is 4. The van der Waals surface area contributed by atoms with Gasteiger partial charge in [-0.2, -0.15) is 0 Å². The van der Waals surface area contributed by atoms with Crippen LogP contribution in [0.5, 0.6) is 5.75 Å². The number of amides is 1. The molecule has 1 amide bonds. The molecular weight excluding hydrogens is 288 g/mol. The Morgan fingerprint density at radius 3 is 3.00 bits per heavy atom. The van der Waals surface area contributed by atoms with E-state index in [1.807, 2.05) is 30.3 Å². The number of nitrogens with one attached hydrogen (secondary N) is 2. The van der Waals surface area contributed by atoms with Crippen LogP contribution < -0.4 is 15.4 Å². The molecule has 0 fully saturated rings. The average Bonchev–Trinajstić information content (AvgIpc) is 2.79. The summed E-state index contributed by atoms with van der Waals surface area (Å²) in [7, 11) is 0. The molecule has 0 aliphatic carbocycles. The van der Waals surface area contributed by atoms with E-state index in [-0.39, 0.29) is 5.91 Å². The first-order valence-electron chi connectivity index (χ1n) is 8.03. The number of aryl methyl sites for hydroxylation is 2. The number of anilines is 1. The van der Waals surface area contributed by atoms with Gasteiger partial charge in [0.05, 0.1) is 0 Å². The van der Waals surface area contributed by atoms with Crippen molar-refractivity contribution in [2.75, 3.05) is 18.5 Å². The molecule has 1 aliphatic rings. The zero-order chi connectivity index (χ0) is 16.1. The van der Waals surface area contributed by atoms with Gasteiger partial charge >= 0.3 is 0 Å². The van der Waals surface area contributed by atoms with Crippen LogP contribution in [0.1, 0.15) is 23.1 Å². The van der Waals surface area contributed by atoms with Crippen LogP contribution in [0.15, 0.2) is 42.5 Å². The van der Waals surface area contributed by atoms with Gasteiger partial charge in [-0.15, -0.1) is 0 Å². The molecule has 0 spiro atoms. The molecular formula is C19H22N2O2. The minimum atomic E-state index is 0.0377. The molecule has 3 rings (SSSR count). The maximum Gasteiger partial charge on any atom is 0.224 e. The van der Waals surface area contributed by atoms with Gasteiger partial charge in [0.1, 0.15) is 12.4 Å². The van der Waals surface area contributed by atoms with Crippen molar-refractivity contribution >= 4 is 11.6 Å². The van der Waals surface area contributed by atoms with E-state index in [0.29, 0.717) is 13.0 Å². The SMILES string of the molecule is Cc1ccccc1CCC(=O)Nc1ccc2c(c1)CNCCO2. The minimum absolute atomic E-state index is 0.0377. The van der Waals surface area contributed by atoms with Gasteiger partial charge in [0.25, 0.3) is 0 Å². The van der Waals surface area contributed by atoms with Crippen molar-refractivity contribution in [1.29, 1.82) is 0 Å². The van der Waals surface area contributed by atoms with Crippen molar-refractivity contribution < 1.29 is 9.53 Å². The number of carbonyl (C=O) groups is 1. The first kappa shape index (κ1) is 15.6. The second-order valence-corrected chi connectivity index (χ2v) is 5.82. The lowest BCUT2D eigenvalue weighted by Gasteiger charge is -2.10. The van der Waals surface area contributed by atoms with Gasteiger partial charge in [-0.25, -0.2) is 0 Å². The Hall–Kier alpha value is -2.33. The second kappa shape index (κ2) is 7.29. The van der Waals surface area contributed by atoms with Crippen LogP contribution in [-0.4, -0.2) is 19.1 Å². The molecule has 0 saturated heterocycles. The van der Waals surface area contributed by atoms with Gasteiger partial charge in [0.15, 0.2) is 0 Å². The van der Waals surface area contributed by atoms with Crippen molar-refractivity contribution in [2.45, 2.75) is 26.3 Å². The number of fused-ring (bicyclic) bond motifs is 1. The molecule has 4 nitrogen and oxygen atoms in total. The van der Waals surface area contributed by atoms with Gasteiger partial charge in [0.2, 0.25) is 5.91 Å². The highest BCUT2D eigenvalue weighted by atomic mass is 16.5. The molecule has 2 N–H and O–H groups in total. The second-order valence-electron chi connectivity index (χ2n) is 5.82. The van der Waals surface area contributed by atoms with Crippen molar-refractivity contribution in [3.8, 4) is 5.75 Å². The number of ether oxygens (including phenoxy) is 1. The fraction of sp³-hybridized carbons (Fsp3) is 0.316. The van der Waals surface area contributed by atoms with E-state index < -0.39 is 0 Å². The van der Waals surface area contributed by atoms with Gasteiger partial charge in [-0.3, -0.25) is 4.79 Å². The Bertz CT molecular complexity index is 698. The topological polar surface area (TPSA) is 50.4 Å². The van der Waals surface area contributed by atoms with Crippen molar-refractivity contribution in [3.63, 3.8) is 0 Å². The molecule has 0 atom stereocenters. The molecule has 0 radical (unpaired) electrons. The summed E-state index contributed by atoms with van der Waals surface area (Å²) in [6.07, 6.45) is 1.24. The Balaban J connectivity index is 1.60. The summed E-state index contributed by atoms with van der Waals surface area (Å²) in [5.74, 6) is 0.934. The van der Waals surface area contributed by atoms with Crippen LogP contribution in [-0.2, 0) is 17.8 Å². The lowest BCUT2D eigenvalue weighted by molar-refractivity contribution is -0.116. The predicted molar refractivity (Wildman–Crippen MR) is 91.8 cm³/mol. The molecule has 0 saturated carbocycles. The Morgan fingerprint density at radius 1 is 1.26 bits per heavy atom. The molecule has 2 aromatic rings. The van der Waals surface area contributed by atoms with Gasteiger partial charge in [-0.05, 0) is 42.7 Å². The van der Waals surface area contributed by atoms with Crippen molar-refractivity contribution in [2.24, 2.45) is 0 Å². The molecule has 0 bridgehead atoms. The number of hydrogen-bond donors (Lipinski definition) is 2. The van der Waals surface area contributed by atoms with Gasteiger partial charge in [0, 0.05) is 30.8 Å². The third-order valence-corrected chi connectivity index (χ3v) is 4.08. The van der Waals surface area contributed by atoms with Crippen molar-refractivity contribution in [1.82, 2.24) is 5.32 Å². The zero-order valence-electron chi connectivity index (χ0n) is 13.4. The first-order chi connectivity index (χ1) is 11.2. The van der Waals surface area contributed by atoms with E-state index in [4.69, 9.17) is 4.74 Å². The quantitative estimate of drug-likeness (QED) is 0.912. The first-order valence-corrected chi connectivity index (χ1v) is 8.03. The van der Waals surface area contributed by atoms with E-state index in [1.165, 1.54) is 11.1 Å². The maximum absolute atomic E-state index is 12.2. The standard InChI is InChI=1S/C19H22N2O2/c1-14-4-2-3-5-15(14)6-9-19(22)21-17-7-8-18-16(12-17)13-20-10-11-23-18/h2-5,7-8,12,20H,6,9-11,13H2,1H3,(H,21,22). The molecule has 1 heterocycles. The van der Waals surface area contributed by atoms with Crippen LogP contribution in [0.4, 0.5) is 5.69 Å². The normalized spacial score (nSPS) is 13.6. The van der Waals surface area contributed by atoms with E-state index in [0.717, 1.165) is 36.5 Å². The monoisotopic (exact) mass is 310 g/mol. The van der Waals surface area contributed by atoms with Crippen molar-refractivity contribution in [3.05, 3.63) is 59.2 Å². The molecule has 0 unspecified atom stereocenters. The number of benzene rings is 2. The molecule has 2 aromatic carbocycles. The van der Waals surface area contributed by atoms with Crippen LogP contribution in [0.25, 0.3) is 0 Å². The molecule has 120 valence electrons. The smallest absolute Gasteiger partial charge is 0.224 e. The number of hydrogen-bond acceptors (Lipinski definition) is 3. The fourth-order valence-corrected chi connectivity index (χ4v) is 2.75. The Kier molecular flexibility index (Phi) is 4.93. The van der Waals surface area contributed by atoms with E-state index in [9.17, 15) is 4.79 Å². The van der Waals surface area contributed by atoms with E-state index >= 15 is 0 Å². The highest BCUT2D eigenvalue weighted by Crippen LogP contribution is 2.24. The Labute approximate surface area is 136 Å². The average molecular weight is 310 g/mol. The van der Waals surface area contributed by atoms with Gasteiger partial charge in [-0.1, -0.05) is 24.3 Å².